The van der Waals surface area contributed by atoms with E-state index in [2.05, 4.69) is 51.4 Å². The molecule has 0 aliphatic rings. The molecule has 1 N–H and O–H groups in total. The molecule has 0 radical (unpaired) electrons. The van der Waals surface area contributed by atoms with Crippen molar-refractivity contribution in [3.05, 3.63) is 58.3 Å². The van der Waals surface area contributed by atoms with Gasteiger partial charge in [0, 0.05) is 20.6 Å². The van der Waals surface area contributed by atoms with Crippen molar-refractivity contribution in [2.75, 3.05) is 14.1 Å². The third kappa shape index (κ3) is 4.41. The van der Waals surface area contributed by atoms with Crippen molar-refractivity contribution in [3.8, 4) is 0 Å². The van der Waals surface area contributed by atoms with Gasteiger partial charge in [-0.1, -0.05) is 30.3 Å². The topological polar surface area (TPSA) is 27.6 Å². The fourth-order valence-electron chi connectivity index (χ4n) is 1.68. The van der Waals surface area contributed by atoms with Gasteiger partial charge in [-0.15, -0.1) is 0 Å². The van der Waals surface area contributed by atoms with Crippen molar-refractivity contribution in [3.63, 3.8) is 0 Å². The van der Waals surface area contributed by atoms with Crippen LogP contribution in [0.4, 0.5) is 0 Å². The Bertz CT molecular complexity index is 503. The highest BCUT2D eigenvalue weighted by Gasteiger charge is 2.01. The van der Waals surface area contributed by atoms with Gasteiger partial charge >= 0.3 is 0 Å². The fourth-order valence-corrected chi connectivity index (χ4v) is 2.34. The molecule has 1 aromatic carbocycles. The third-order valence-corrected chi connectivity index (χ3v) is 3.44. The lowest BCUT2D eigenvalue weighted by Crippen LogP contribution is -2.36. The van der Waals surface area contributed by atoms with Crippen molar-refractivity contribution in [2.45, 2.75) is 13.1 Å². The molecule has 0 bridgehead atoms. The maximum Gasteiger partial charge on any atom is 0.194 e. The maximum atomic E-state index is 4.62. The van der Waals surface area contributed by atoms with Gasteiger partial charge in [0.1, 0.15) is 0 Å². The van der Waals surface area contributed by atoms with Crippen molar-refractivity contribution in [1.82, 2.24) is 10.2 Å². The van der Waals surface area contributed by atoms with E-state index < -0.39 is 0 Å². The van der Waals surface area contributed by atoms with E-state index in [1.807, 2.05) is 25.1 Å². The molecule has 2 aromatic rings. The lowest BCUT2D eigenvalue weighted by Gasteiger charge is -2.17. The summed E-state index contributed by atoms with van der Waals surface area (Å²) >= 11 is 1.71. The lowest BCUT2D eigenvalue weighted by molar-refractivity contribution is 0.579. The Morgan fingerprint density at radius 3 is 2.58 bits per heavy atom. The number of aliphatic imine (C=N–C) groups is 1. The van der Waals surface area contributed by atoms with Gasteiger partial charge in [-0.05, 0) is 28.0 Å². The molecule has 100 valence electrons. The van der Waals surface area contributed by atoms with Crippen LogP contribution in [0, 0.1) is 0 Å². The molecule has 0 amide bonds. The number of rotatable bonds is 4. The first kappa shape index (κ1) is 13.6. The molecule has 1 heterocycles. The van der Waals surface area contributed by atoms with E-state index in [9.17, 15) is 0 Å². The zero-order chi connectivity index (χ0) is 13.5. The number of thiophene rings is 1. The van der Waals surface area contributed by atoms with Crippen LogP contribution in [-0.2, 0) is 13.1 Å². The van der Waals surface area contributed by atoms with Crippen LogP contribution in [0.5, 0.6) is 0 Å². The van der Waals surface area contributed by atoms with Crippen molar-refractivity contribution in [2.24, 2.45) is 4.99 Å². The standard InChI is InChI=1S/C15H19N3S/c1-18(2)15(17-11-14-8-9-19-12-14)16-10-13-6-4-3-5-7-13/h3-9,12H,10-11H2,1-2H3,(H,16,17). The number of nitrogens with zero attached hydrogens (tertiary/aromatic N) is 2. The van der Waals surface area contributed by atoms with Gasteiger partial charge in [-0.3, -0.25) is 0 Å². The van der Waals surface area contributed by atoms with Gasteiger partial charge in [-0.25, -0.2) is 4.99 Å². The predicted molar refractivity (Wildman–Crippen MR) is 82.4 cm³/mol. The molecule has 4 heteroatoms. The molecule has 0 unspecified atom stereocenters. The predicted octanol–water partition coefficient (Wildman–Crippen LogP) is 2.96. The summed E-state index contributed by atoms with van der Waals surface area (Å²) < 4.78 is 0. The minimum absolute atomic E-state index is 0.721. The highest BCUT2D eigenvalue weighted by Crippen LogP contribution is 2.07. The summed E-state index contributed by atoms with van der Waals surface area (Å²) in [6.45, 7) is 1.51. The lowest BCUT2D eigenvalue weighted by atomic mass is 10.2. The number of hydrogen-bond acceptors (Lipinski definition) is 2. The van der Waals surface area contributed by atoms with Crippen molar-refractivity contribution < 1.29 is 0 Å². The summed E-state index contributed by atoms with van der Waals surface area (Å²) in [4.78, 5) is 6.63. The molecule has 2 rings (SSSR count). The van der Waals surface area contributed by atoms with Gasteiger partial charge in [0.2, 0.25) is 0 Å². The Labute approximate surface area is 118 Å². The molecule has 3 nitrogen and oxygen atoms in total. The summed E-state index contributed by atoms with van der Waals surface area (Å²) in [7, 11) is 4.01. The highest BCUT2D eigenvalue weighted by molar-refractivity contribution is 7.07. The first-order valence-corrected chi connectivity index (χ1v) is 7.20. The summed E-state index contributed by atoms with van der Waals surface area (Å²) in [5.41, 5.74) is 2.51. The van der Waals surface area contributed by atoms with Crippen LogP contribution in [0.2, 0.25) is 0 Å². The Morgan fingerprint density at radius 2 is 1.95 bits per heavy atom. The first-order valence-electron chi connectivity index (χ1n) is 6.26. The van der Waals surface area contributed by atoms with E-state index in [0.29, 0.717) is 0 Å². The van der Waals surface area contributed by atoms with E-state index in [4.69, 9.17) is 0 Å². The van der Waals surface area contributed by atoms with E-state index in [1.165, 1.54) is 11.1 Å². The maximum absolute atomic E-state index is 4.62. The second kappa shape index (κ2) is 6.95. The zero-order valence-electron chi connectivity index (χ0n) is 11.3. The average molecular weight is 273 g/mol. The molecule has 0 aliphatic carbocycles. The Morgan fingerprint density at radius 1 is 1.16 bits per heavy atom. The first-order chi connectivity index (χ1) is 9.25. The molecular formula is C15H19N3S. The Hall–Kier alpha value is -1.81. The number of hydrogen-bond donors (Lipinski definition) is 1. The molecule has 0 atom stereocenters. The summed E-state index contributed by atoms with van der Waals surface area (Å²) in [6.07, 6.45) is 0. The Balaban J connectivity index is 1.94. The highest BCUT2D eigenvalue weighted by atomic mass is 32.1. The molecule has 1 aromatic heterocycles. The van der Waals surface area contributed by atoms with E-state index in [-0.39, 0.29) is 0 Å². The van der Waals surface area contributed by atoms with Gasteiger partial charge in [0.15, 0.2) is 5.96 Å². The zero-order valence-corrected chi connectivity index (χ0v) is 12.2. The van der Waals surface area contributed by atoms with Gasteiger partial charge in [-0.2, -0.15) is 11.3 Å². The van der Waals surface area contributed by atoms with E-state index in [0.717, 1.165) is 19.0 Å². The van der Waals surface area contributed by atoms with E-state index >= 15 is 0 Å². The van der Waals surface area contributed by atoms with Crippen LogP contribution in [0.25, 0.3) is 0 Å². The molecule has 0 saturated heterocycles. The minimum atomic E-state index is 0.721. The van der Waals surface area contributed by atoms with Crippen LogP contribution in [0.3, 0.4) is 0 Å². The fraction of sp³-hybridized carbons (Fsp3) is 0.267. The van der Waals surface area contributed by atoms with Crippen LogP contribution < -0.4 is 5.32 Å². The molecular weight excluding hydrogens is 254 g/mol. The third-order valence-electron chi connectivity index (χ3n) is 2.71. The second-order valence-electron chi connectivity index (χ2n) is 4.51. The van der Waals surface area contributed by atoms with Gasteiger partial charge in [0.25, 0.3) is 0 Å². The van der Waals surface area contributed by atoms with E-state index in [1.54, 1.807) is 11.3 Å². The number of guanidine groups is 1. The molecule has 0 saturated carbocycles. The summed E-state index contributed by atoms with van der Waals surface area (Å²) in [5, 5.41) is 7.59. The minimum Gasteiger partial charge on any atom is -0.352 e. The normalized spacial score (nSPS) is 11.4. The number of benzene rings is 1. The van der Waals surface area contributed by atoms with Crippen LogP contribution >= 0.6 is 11.3 Å². The van der Waals surface area contributed by atoms with Crippen molar-refractivity contribution >= 4 is 17.3 Å². The SMILES string of the molecule is CN(C)C(=NCc1ccsc1)NCc1ccccc1. The van der Waals surface area contributed by atoms with Crippen LogP contribution in [0.1, 0.15) is 11.1 Å². The van der Waals surface area contributed by atoms with Crippen LogP contribution in [0.15, 0.2) is 52.2 Å². The van der Waals surface area contributed by atoms with Crippen molar-refractivity contribution in [1.29, 1.82) is 0 Å². The monoisotopic (exact) mass is 273 g/mol. The largest absolute Gasteiger partial charge is 0.352 e. The molecule has 0 spiro atoms. The van der Waals surface area contributed by atoms with Gasteiger partial charge in [0.05, 0.1) is 6.54 Å². The summed E-state index contributed by atoms with van der Waals surface area (Å²) in [5.74, 6) is 0.912. The quantitative estimate of drug-likeness (QED) is 0.685. The smallest absolute Gasteiger partial charge is 0.194 e. The average Bonchev–Trinajstić information content (AvgIpc) is 2.92. The summed E-state index contributed by atoms with van der Waals surface area (Å²) in [6, 6.07) is 12.5. The molecule has 0 fully saturated rings. The van der Waals surface area contributed by atoms with Crippen LogP contribution in [-0.4, -0.2) is 25.0 Å². The molecule has 19 heavy (non-hydrogen) atoms. The number of nitrogens with one attached hydrogen (secondary N) is 1. The van der Waals surface area contributed by atoms with Gasteiger partial charge < -0.3 is 10.2 Å². The molecule has 0 aliphatic heterocycles. The Kier molecular flexibility index (Phi) is 4.98. The second-order valence-corrected chi connectivity index (χ2v) is 5.29.